The zero-order valence-corrected chi connectivity index (χ0v) is 16.0. The molecule has 3 aromatic heterocycles. The number of nitrogens with two attached hydrogens (primary N) is 1. The number of methoxy groups -OCH3 is 1. The number of aromatic amines is 1. The molecule has 4 heterocycles. The van der Waals surface area contributed by atoms with Gasteiger partial charge in [0.05, 0.1) is 11.7 Å². The van der Waals surface area contributed by atoms with E-state index < -0.39 is 17.3 Å². The number of fused-ring (bicyclic) bond motifs is 1. The molecule has 3 N–H and O–H groups in total. The topological polar surface area (TPSA) is 93.0 Å². The van der Waals surface area contributed by atoms with Crippen LogP contribution in [0.3, 0.4) is 0 Å². The predicted molar refractivity (Wildman–Crippen MR) is 102 cm³/mol. The van der Waals surface area contributed by atoms with Crippen LogP contribution in [0.1, 0.15) is 18.9 Å². The number of hydrogen-bond acceptors (Lipinski definition) is 6. The van der Waals surface area contributed by atoms with Crippen LogP contribution in [0.15, 0.2) is 30.5 Å². The van der Waals surface area contributed by atoms with Crippen LogP contribution in [0.5, 0.6) is 0 Å². The van der Waals surface area contributed by atoms with Gasteiger partial charge in [0, 0.05) is 37.3 Å². The van der Waals surface area contributed by atoms with Crippen LogP contribution in [0.4, 0.5) is 19.0 Å². The lowest BCUT2D eigenvalue weighted by Crippen LogP contribution is -2.60. The second-order valence-electron chi connectivity index (χ2n) is 7.46. The van der Waals surface area contributed by atoms with Gasteiger partial charge in [-0.05, 0) is 37.6 Å². The van der Waals surface area contributed by atoms with Crippen molar-refractivity contribution in [1.82, 2.24) is 20.2 Å². The molecule has 1 saturated heterocycles. The molecule has 0 aromatic carbocycles. The molecule has 29 heavy (non-hydrogen) atoms. The van der Waals surface area contributed by atoms with Gasteiger partial charge < -0.3 is 15.4 Å². The van der Waals surface area contributed by atoms with Crippen molar-refractivity contribution in [3.8, 4) is 11.4 Å². The van der Waals surface area contributed by atoms with Crippen molar-refractivity contribution in [2.45, 2.75) is 31.2 Å². The van der Waals surface area contributed by atoms with Crippen molar-refractivity contribution in [2.75, 3.05) is 25.1 Å². The van der Waals surface area contributed by atoms with E-state index in [9.17, 15) is 13.2 Å². The number of halogens is 3. The van der Waals surface area contributed by atoms with Gasteiger partial charge in [0.1, 0.15) is 17.2 Å². The second-order valence-corrected chi connectivity index (χ2v) is 7.46. The number of H-pyrrole nitrogens is 1. The van der Waals surface area contributed by atoms with Crippen molar-refractivity contribution >= 4 is 16.9 Å². The second kappa shape index (κ2) is 6.96. The molecule has 0 amide bonds. The summed E-state index contributed by atoms with van der Waals surface area (Å²) >= 11 is 0. The van der Waals surface area contributed by atoms with Crippen molar-refractivity contribution in [1.29, 1.82) is 0 Å². The number of nitrogens with zero attached hydrogens (tertiary/aromatic N) is 4. The van der Waals surface area contributed by atoms with E-state index in [2.05, 4.69) is 20.2 Å². The fourth-order valence-electron chi connectivity index (χ4n) is 3.66. The number of rotatable bonds is 3. The maximum absolute atomic E-state index is 13.7. The largest absolute Gasteiger partial charge is 0.418 e. The molecule has 0 unspecified atom stereocenters. The summed E-state index contributed by atoms with van der Waals surface area (Å²) in [4.78, 5) is 10.4. The molecule has 1 aliphatic heterocycles. The minimum Gasteiger partial charge on any atom is -0.378 e. The molecule has 10 heteroatoms. The summed E-state index contributed by atoms with van der Waals surface area (Å²) in [6, 6.07) is 5.74. The Bertz CT molecular complexity index is 1030. The average molecular weight is 406 g/mol. The lowest BCUT2D eigenvalue weighted by molar-refractivity contribution is -0.137. The highest BCUT2D eigenvalue weighted by Gasteiger charge is 2.39. The molecule has 7 nitrogen and oxygen atoms in total. The average Bonchev–Trinajstić information content (AvgIpc) is 3.10. The van der Waals surface area contributed by atoms with Crippen LogP contribution in [-0.4, -0.2) is 52.0 Å². The molecule has 154 valence electrons. The summed E-state index contributed by atoms with van der Waals surface area (Å²) < 4.78 is 46.6. The predicted octanol–water partition coefficient (Wildman–Crippen LogP) is 2.98. The van der Waals surface area contributed by atoms with E-state index in [1.807, 2.05) is 11.8 Å². The summed E-state index contributed by atoms with van der Waals surface area (Å²) in [5.41, 5.74) is 5.21. The molecule has 0 spiro atoms. The van der Waals surface area contributed by atoms with Crippen molar-refractivity contribution in [3.63, 3.8) is 0 Å². The van der Waals surface area contributed by atoms with Gasteiger partial charge in [-0.15, -0.1) is 0 Å². The third-order valence-corrected chi connectivity index (χ3v) is 5.40. The van der Waals surface area contributed by atoms with Gasteiger partial charge in [0.2, 0.25) is 0 Å². The monoisotopic (exact) mass is 406 g/mol. The Morgan fingerprint density at radius 1 is 1.28 bits per heavy atom. The number of anilines is 1. The first kappa shape index (κ1) is 19.6. The Morgan fingerprint density at radius 2 is 2.07 bits per heavy atom. The highest BCUT2D eigenvalue weighted by molar-refractivity contribution is 5.90. The summed E-state index contributed by atoms with van der Waals surface area (Å²) in [7, 11) is 1.58. The summed E-state index contributed by atoms with van der Waals surface area (Å²) in [6.45, 7) is 2.91. The van der Waals surface area contributed by atoms with Gasteiger partial charge in [-0.3, -0.25) is 5.10 Å². The van der Waals surface area contributed by atoms with Gasteiger partial charge in [-0.2, -0.15) is 18.3 Å². The Balaban J connectivity index is 1.80. The van der Waals surface area contributed by atoms with Crippen LogP contribution >= 0.6 is 0 Å². The number of hydrogen-bond donors (Lipinski definition) is 2. The van der Waals surface area contributed by atoms with Crippen molar-refractivity contribution in [2.24, 2.45) is 5.73 Å². The fraction of sp³-hybridized carbons (Fsp3) is 0.421. The van der Waals surface area contributed by atoms with Crippen LogP contribution in [0.2, 0.25) is 0 Å². The first-order chi connectivity index (χ1) is 13.7. The first-order valence-electron chi connectivity index (χ1n) is 9.15. The van der Waals surface area contributed by atoms with Crippen molar-refractivity contribution in [3.05, 3.63) is 36.0 Å². The standard InChI is InChI=1S/C19H21F3N6O/c1-18(23)7-9-28(10-13(18)29-2)14-6-5-12(19(20,21)22)16(25-14)15-11-4-3-8-24-17(11)27-26-15/h3-6,8,13H,7,9-10,23H2,1-2H3,(H,24,26,27)/t13-,18+/m0/s1. The molecule has 0 aliphatic carbocycles. The van der Waals surface area contributed by atoms with E-state index in [0.29, 0.717) is 36.4 Å². The van der Waals surface area contributed by atoms with Gasteiger partial charge in [0.25, 0.3) is 0 Å². The normalized spacial score (nSPS) is 23.0. The minimum absolute atomic E-state index is 0.117. The summed E-state index contributed by atoms with van der Waals surface area (Å²) in [5.74, 6) is 0.422. The number of piperidine rings is 1. The molecule has 0 saturated carbocycles. The van der Waals surface area contributed by atoms with Gasteiger partial charge in [-0.25, -0.2) is 9.97 Å². The minimum atomic E-state index is -4.57. The number of aromatic nitrogens is 4. The Labute approximate surface area is 165 Å². The molecule has 1 fully saturated rings. The van der Waals surface area contributed by atoms with E-state index >= 15 is 0 Å². The van der Waals surface area contributed by atoms with Crippen LogP contribution in [0.25, 0.3) is 22.4 Å². The van der Waals surface area contributed by atoms with E-state index in [4.69, 9.17) is 10.5 Å². The maximum Gasteiger partial charge on any atom is 0.418 e. The summed E-state index contributed by atoms with van der Waals surface area (Å²) in [5, 5.41) is 7.22. The molecule has 3 aromatic rings. The molecular weight excluding hydrogens is 385 g/mol. The van der Waals surface area contributed by atoms with E-state index in [1.165, 1.54) is 6.07 Å². The summed E-state index contributed by atoms with van der Waals surface area (Å²) in [6.07, 6.45) is -2.67. The zero-order chi connectivity index (χ0) is 20.8. The third kappa shape index (κ3) is 3.53. The molecule has 4 rings (SSSR count). The number of nitrogens with one attached hydrogen (secondary N) is 1. The highest BCUT2D eigenvalue weighted by atomic mass is 19.4. The fourth-order valence-corrected chi connectivity index (χ4v) is 3.66. The lowest BCUT2D eigenvalue weighted by atomic mass is 9.88. The Kier molecular flexibility index (Phi) is 4.70. The number of alkyl halides is 3. The maximum atomic E-state index is 13.7. The van der Waals surface area contributed by atoms with E-state index in [-0.39, 0.29) is 17.5 Å². The number of pyridine rings is 2. The SMILES string of the molecule is CO[C@H]1CN(c2ccc(C(F)(F)F)c(-c3n[nH]c4ncccc34)n2)CC[C@@]1(C)N. The quantitative estimate of drug-likeness (QED) is 0.695. The van der Waals surface area contributed by atoms with Crippen LogP contribution in [0, 0.1) is 0 Å². The van der Waals surface area contributed by atoms with Gasteiger partial charge >= 0.3 is 6.18 Å². The van der Waals surface area contributed by atoms with E-state index in [1.54, 1.807) is 25.4 Å². The van der Waals surface area contributed by atoms with Crippen molar-refractivity contribution < 1.29 is 17.9 Å². The zero-order valence-electron chi connectivity index (χ0n) is 16.0. The molecule has 1 aliphatic rings. The molecular formula is C19H21F3N6O. The smallest absolute Gasteiger partial charge is 0.378 e. The molecule has 2 atom stereocenters. The highest BCUT2D eigenvalue weighted by Crippen LogP contribution is 2.39. The Morgan fingerprint density at radius 3 is 2.79 bits per heavy atom. The first-order valence-corrected chi connectivity index (χ1v) is 9.15. The van der Waals surface area contributed by atoms with E-state index in [0.717, 1.165) is 6.07 Å². The third-order valence-electron chi connectivity index (χ3n) is 5.40. The van der Waals surface area contributed by atoms with Gasteiger partial charge in [0.15, 0.2) is 5.65 Å². The van der Waals surface area contributed by atoms with Crippen LogP contribution < -0.4 is 10.6 Å². The lowest BCUT2D eigenvalue weighted by Gasteiger charge is -2.43. The number of ether oxygens (including phenoxy) is 1. The van der Waals surface area contributed by atoms with Crippen LogP contribution in [-0.2, 0) is 10.9 Å². The Hall–Kier alpha value is -2.72. The van der Waals surface area contributed by atoms with Gasteiger partial charge in [-0.1, -0.05) is 0 Å². The molecule has 0 radical (unpaired) electrons. The molecule has 0 bridgehead atoms.